The van der Waals surface area contributed by atoms with E-state index in [4.69, 9.17) is 0 Å². The minimum absolute atomic E-state index is 0.0108. The Morgan fingerprint density at radius 2 is 2.10 bits per heavy atom. The predicted molar refractivity (Wildman–Crippen MR) is 71.1 cm³/mol. The van der Waals surface area contributed by atoms with Gasteiger partial charge in [0.2, 0.25) is 5.91 Å². The topological polar surface area (TPSA) is 32.3 Å². The normalized spacial score (nSPS) is 25.6. The van der Waals surface area contributed by atoms with Crippen LogP contribution >= 0.6 is 0 Å². The number of halogens is 2. The Hall–Kier alpha value is -1.49. The van der Waals surface area contributed by atoms with Gasteiger partial charge in [0.25, 0.3) is 0 Å². The third-order valence-electron chi connectivity index (χ3n) is 4.41. The lowest BCUT2D eigenvalue weighted by Crippen LogP contribution is -2.44. The van der Waals surface area contributed by atoms with Crippen molar-refractivity contribution in [1.29, 1.82) is 0 Å². The highest BCUT2D eigenvalue weighted by Gasteiger charge is 2.34. The molecule has 1 amide bonds. The lowest BCUT2D eigenvalue weighted by molar-refractivity contribution is -0.132. The van der Waals surface area contributed by atoms with Gasteiger partial charge in [0, 0.05) is 19.2 Å². The van der Waals surface area contributed by atoms with E-state index in [1.807, 2.05) is 4.90 Å². The number of hydrogen-bond acceptors (Lipinski definition) is 2. The van der Waals surface area contributed by atoms with Crippen molar-refractivity contribution in [2.45, 2.75) is 12.8 Å². The Kier molecular flexibility index (Phi) is 3.70. The van der Waals surface area contributed by atoms with Crippen molar-refractivity contribution in [1.82, 2.24) is 10.2 Å². The quantitative estimate of drug-likeness (QED) is 0.892. The number of nitrogens with zero attached hydrogens (tertiary/aromatic N) is 1. The molecule has 3 rings (SSSR count). The highest BCUT2D eigenvalue weighted by atomic mass is 19.1. The third kappa shape index (κ3) is 2.68. The van der Waals surface area contributed by atoms with Crippen molar-refractivity contribution in [2.75, 3.05) is 26.2 Å². The summed E-state index contributed by atoms with van der Waals surface area (Å²) < 4.78 is 26.4. The Labute approximate surface area is 117 Å². The first-order chi connectivity index (χ1) is 9.63. The number of amides is 1. The summed E-state index contributed by atoms with van der Waals surface area (Å²) in [6, 6.07) is 3.38. The lowest BCUT2D eigenvalue weighted by atomic mass is 9.88. The molecule has 0 bridgehead atoms. The first-order valence-corrected chi connectivity index (χ1v) is 7.06. The van der Waals surface area contributed by atoms with E-state index in [2.05, 4.69) is 5.32 Å². The molecular formula is C15H18F2N2O. The second kappa shape index (κ2) is 5.48. The maximum atomic E-state index is 13.6. The molecule has 20 heavy (non-hydrogen) atoms. The summed E-state index contributed by atoms with van der Waals surface area (Å²) in [6.07, 6.45) is 1.02. The van der Waals surface area contributed by atoms with Gasteiger partial charge in [-0.15, -0.1) is 0 Å². The zero-order valence-electron chi connectivity index (χ0n) is 11.2. The highest BCUT2D eigenvalue weighted by molar-refractivity contribution is 5.79. The molecule has 0 spiro atoms. The summed E-state index contributed by atoms with van der Waals surface area (Å²) >= 11 is 0. The fourth-order valence-electron chi connectivity index (χ4n) is 3.20. The van der Waals surface area contributed by atoms with Crippen LogP contribution in [0.2, 0.25) is 0 Å². The smallest absolute Gasteiger partial charge is 0.227 e. The highest BCUT2D eigenvalue weighted by Crippen LogP contribution is 2.27. The largest absolute Gasteiger partial charge is 0.342 e. The number of carbonyl (C=O) groups excluding carboxylic acids is 1. The van der Waals surface area contributed by atoms with Crippen molar-refractivity contribution in [3.8, 4) is 0 Å². The third-order valence-corrected chi connectivity index (χ3v) is 4.41. The molecule has 0 aromatic heterocycles. The van der Waals surface area contributed by atoms with Crippen LogP contribution in [0, 0.1) is 23.5 Å². The number of rotatable bonds is 2. The summed E-state index contributed by atoms with van der Waals surface area (Å²) in [5, 5.41) is 3.35. The molecule has 2 heterocycles. The Morgan fingerprint density at radius 3 is 2.90 bits per heavy atom. The van der Waals surface area contributed by atoms with Gasteiger partial charge >= 0.3 is 0 Å². The van der Waals surface area contributed by atoms with E-state index < -0.39 is 11.6 Å². The molecule has 1 aromatic carbocycles. The standard InChI is InChI=1S/C15H18F2N2O/c16-13-2-1-10(14(17)6-13)5-15(20)19-4-3-11-7-18-8-12(11)9-19/h1-2,6,11-12,18H,3-5,7-9H2. The van der Waals surface area contributed by atoms with Gasteiger partial charge in [-0.25, -0.2) is 8.78 Å². The Balaban J connectivity index is 1.64. The number of hydrogen-bond donors (Lipinski definition) is 1. The maximum Gasteiger partial charge on any atom is 0.227 e. The van der Waals surface area contributed by atoms with Gasteiger partial charge in [0.1, 0.15) is 11.6 Å². The summed E-state index contributed by atoms with van der Waals surface area (Å²) in [5.41, 5.74) is 0.267. The van der Waals surface area contributed by atoms with Crippen LogP contribution in [0.1, 0.15) is 12.0 Å². The van der Waals surface area contributed by atoms with Gasteiger partial charge in [0.15, 0.2) is 0 Å². The van der Waals surface area contributed by atoms with E-state index in [1.165, 1.54) is 12.1 Å². The zero-order valence-corrected chi connectivity index (χ0v) is 11.2. The first-order valence-electron chi connectivity index (χ1n) is 7.06. The van der Waals surface area contributed by atoms with E-state index in [9.17, 15) is 13.6 Å². The van der Waals surface area contributed by atoms with Crippen LogP contribution in [0.5, 0.6) is 0 Å². The van der Waals surface area contributed by atoms with E-state index in [0.717, 1.165) is 38.7 Å². The predicted octanol–water partition coefficient (Wildman–Crippen LogP) is 1.58. The molecule has 1 N–H and O–H groups in total. The molecule has 2 aliphatic heterocycles. The summed E-state index contributed by atoms with van der Waals surface area (Å²) in [4.78, 5) is 14.1. The molecule has 5 heteroatoms. The first kappa shape index (κ1) is 13.5. The van der Waals surface area contributed by atoms with Crippen LogP contribution in [0.3, 0.4) is 0 Å². The molecule has 0 aliphatic carbocycles. The van der Waals surface area contributed by atoms with Crippen LogP contribution in [0.25, 0.3) is 0 Å². The molecule has 3 nitrogen and oxygen atoms in total. The number of nitrogens with one attached hydrogen (secondary N) is 1. The fraction of sp³-hybridized carbons (Fsp3) is 0.533. The number of benzene rings is 1. The SMILES string of the molecule is O=C(Cc1ccc(F)cc1F)N1CCC2CNCC2C1. The van der Waals surface area contributed by atoms with Crippen LogP contribution in [-0.4, -0.2) is 37.0 Å². The fourth-order valence-corrected chi connectivity index (χ4v) is 3.20. The molecular weight excluding hydrogens is 262 g/mol. The Morgan fingerprint density at radius 1 is 1.30 bits per heavy atom. The van der Waals surface area contributed by atoms with E-state index in [0.29, 0.717) is 11.8 Å². The number of carbonyl (C=O) groups is 1. The second-order valence-electron chi connectivity index (χ2n) is 5.72. The van der Waals surface area contributed by atoms with Crippen molar-refractivity contribution in [3.05, 3.63) is 35.4 Å². The average Bonchev–Trinajstić information content (AvgIpc) is 2.89. The Bertz CT molecular complexity index is 521. The molecule has 2 atom stereocenters. The second-order valence-corrected chi connectivity index (χ2v) is 5.72. The molecule has 0 saturated carbocycles. The van der Waals surface area contributed by atoms with Gasteiger partial charge < -0.3 is 10.2 Å². The average molecular weight is 280 g/mol. The monoisotopic (exact) mass is 280 g/mol. The van der Waals surface area contributed by atoms with Crippen LogP contribution in [-0.2, 0) is 11.2 Å². The van der Waals surface area contributed by atoms with E-state index in [1.54, 1.807) is 0 Å². The molecule has 0 radical (unpaired) electrons. The minimum atomic E-state index is -0.643. The maximum absolute atomic E-state index is 13.6. The van der Waals surface area contributed by atoms with Crippen molar-refractivity contribution >= 4 is 5.91 Å². The molecule has 2 fully saturated rings. The van der Waals surface area contributed by atoms with Gasteiger partial charge in [0.05, 0.1) is 6.42 Å². The van der Waals surface area contributed by atoms with Crippen molar-refractivity contribution in [2.24, 2.45) is 11.8 Å². The molecule has 2 aliphatic rings. The van der Waals surface area contributed by atoms with Crippen LogP contribution in [0.15, 0.2) is 18.2 Å². The molecule has 1 aromatic rings. The minimum Gasteiger partial charge on any atom is -0.342 e. The zero-order chi connectivity index (χ0) is 14.1. The van der Waals surface area contributed by atoms with E-state index >= 15 is 0 Å². The van der Waals surface area contributed by atoms with Crippen molar-refractivity contribution < 1.29 is 13.6 Å². The van der Waals surface area contributed by atoms with Gasteiger partial charge in [-0.2, -0.15) is 0 Å². The van der Waals surface area contributed by atoms with Crippen LogP contribution < -0.4 is 5.32 Å². The molecule has 2 unspecified atom stereocenters. The van der Waals surface area contributed by atoms with Gasteiger partial charge in [-0.3, -0.25) is 4.79 Å². The molecule has 108 valence electrons. The number of likely N-dealkylation sites (tertiary alicyclic amines) is 1. The van der Waals surface area contributed by atoms with Gasteiger partial charge in [-0.05, 0) is 43.0 Å². The lowest BCUT2D eigenvalue weighted by Gasteiger charge is -2.34. The van der Waals surface area contributed by atoms with Crippen LogP contribution in [0.4, 0.5) is 8.78 Å². The molecule has 2 saturated heterocycles. The van der Waals surface area contributed by atoms with E-state index in [-0.39, 0.29) is 17.9 Å². The van der Waals surface area contributed by atoms with Gasteiger partial charge in [-0.1, -0.05) is 6.07 Å². The summed E-state index contributed by atoms with van der Waals surface area (Å²) in [5.74, 6) is -0.138. The summed E-state index contributed by atoms with van der Waals surface area (Å²) in [6.45, 7) is 3.49. The summed E-state index contributed by atoms with van der Waals surface area (Å²) in [7, 11) is 0. The number of fused-ring (bicyclic) bond motifs is 1. The van der Waals surface area contributed by atoms with Crippen molar-refractivity contribution in [3.63, 3.8) is 0 Å². The number of piperidine rings is 1.